The Morgan fingerprint density at radius 2 is 1.89 bits per heavy atom. The molecular formula is C7H14O2. The van der Waals surface area contributed by atoms with E-state index in [-0.39, 0.29) is 11.7 Å². The van der Waals surface area contributed by atoms with Gasteiger partial charge in [-0.1, -0.05) is 6.92 Å². The van der Waals surface area contributed by atoms with Gasteiger partial charge in [0.25, 0.3) is 0 Å². The molecular weight excluding hydrogens is 116 g/mol. The summed E-state index contributed by atoms with van der Waals surface area (Å²) < 4.78 is 0. The van der Waals surface area contributed by atoms with Crippen molar-refractivity contribution in [2.24, 2.45) is 5.92 Å². The lowest BCUT2D eigenvalue weighted by Crippen LogP contribution is -2.33. The monoisotopic (exact) mass is 130 g/mol. The summed E-state index contributed by atoms with van der Waals surface area (Å²) >= 11 is 0. The first-order chi connectivity index (χ1) is 3.85. The Morgan fingerprint density at radius 3 is 1.89 bits per heavy atom. The van der Waals surface area contributed by atoms with Crippen molar-refractivity contribution in [2.45, 2.75) is 33.3 Å². The maximum Gasteiger partial charge on any atom is 0.135 e. The highest BCUT2D eigenvalue weighted by molar-refractivity contribution is 5.78. The van der Waals surface area contributed by atoms with Crippen LogP contribution in [0.25, 0.3) is 0 Å². The fourth-order valence-corrected chi connectivity index (χ4v) is 0.497. The highest BCUT2D eigenvalue weighted by Gasteiger charge is 2.25. The molecule has 2 nitrogen and oxygen atoms in total. The highest BCUT2D eigenvalue weighted by Crippen LogP contribution is 2.15. The highest BCUT2D eigenvalue weighted by atomic mass is 16.3. The summed E-state index contributed by atoms with van der Waals surface area (Å²) in [6, 6.07) is 0. The number of ketones is 1. The van der Waals surface area contributed by atoms with Crippen LogP contribution in [0.2, 0.25) is 0 Å². The molecule has 0 bridgehead atoms. The van der Waals surface area contributed by atoms with Gasteiger partial charge in [0.2, 0.25) is 0 Å². The standard InChI is InChI=1S/C7H14O2/c1-5(6(2)8)7(3,4)9/h5,9H,1-4H3. The third-order valence-corrected chi connectivity index (χ3v) is 1.67. The van der Waals surface area contributed by atoms with E-state index >= 15 is 0 Å². The van der Waals surface area contributed by atoms with E-state index in [1.165, 1.54) is 6.92 Å². The SMILES string of the molecule is CC(=O)C(C)C(C)(C)O. The molecule has 1 atom stereocenters. The van der Waals surface area contributed by atoms with Gasteiger partial charge in [0.15, 0.2) is 0 Å². The van der Waals surface area contributed by atoms with E-state index in [1.54, 1.807) is 20.8 Å². The fraction of sp³-hybridized carbons (Fsp3) is 0.857. The van der Waals surface area contributed by atoms with Crippen LogP contribution in [-0.4, -0.2) is 16.5 Å². The number of carbonyl (C=O) groups is 1. The van der Waals surface area contributed by atoms with Gasteiger partial charge in [0.1, 0.15) is 5.78 Å². The van der Waals surface area contributed by atoms with Crippen molar-refractivity contribution >= 4 is 5.78 Å². The summed E-state index contributed by atoms with van der Waals surface area (Å²) in [4.78, 5) is 10.6. The zero-order valence-electron chi connectivity index (χ0n) is 6.43. The van der Waals surface area contributed by atoms with Crippen molar-refractivity contribution in [3.05, 3.63) is 0 Å². The van der Waals surface area contributed by atoms with E-state index in [2.05, 4.69) is 0 Å². The van der Waals surface area contributed by atoms with Crippen LogP contribution in [0.15, 0.2) is 0 Å². The van der Waals surface area contributed by atoms with Gasteiger partial charge >= 0.3 is 0 Å². The number of Topliss-reactive ketones (excluding diaryl/α,β-unsaturated/α-hetero) is 1. The second-order valence-electron chi connectivity index (χ2n) is 2.99. The van der Waals surface area contributed by atoms with E-state index in [9.17, 15) is 9.90 Å². The zero-order valence-corrected chi connectivity index (χ0v) is 6.43. The molecule has 9 heavy (non-hydrogen) atoms. The van der Waals surface area contributed by atoms with Gasteiger partial charge in [-0.05, 0) is 20.8 Å². The molecule has 0 radical (unpaired) electrons. The summed E-state index contributed by atoms with van der Waals surface area (Å²) in [6.45, 7) is 6.49. The third kappa shape index (κ3) is 2.61. The zero-order chi connectivity index (χ0) is 7.65. The Kier molecular flexibility index (Phi) is 2.38. The van der Waals surface area contributed by atoms with E-state index in [0.717, 1.165) is 0 Å². The molecule has 1 N–H and O–H groups in total. The van der Waals surface area contributed by atoms with E-state index in [4.69, 9.17) is 0 Å². The van der Waals surface area contributed by atoms with Crippen LogP contribution in [0, 0.1) is 5.92 Å². The molecule has 0 aromatic heterocycles. The van der Waals surface area contributed by atoms with Gasteiger partial charge in [-0.15, -0.1) is 0 Å². The first-order valence-corrected chi connectivity index (χ1v) is 3.08. The first kappa shape index (κ1) is 8.63. The summed E-state index contributed by atoms with van der Waals surface area (Å²) in [5.41, 5.74) is -0.869. The Hall–Kier alpha value is -0.370. The number of aliphatic hydroxyl groups is 1. The lowest BCUT2D eigenvalue weighted by atomic mass is 9.90. The number of carbonyl (C=O) groups excluding carboxylic acids is 1. The second kappa shape index (κ2) is 2.48. The average molecular weight is 130 g/mol. The van der Waals surface area contributed by atoms with Crippen molar-refractivity contribution in [3.8, 4) is 0 Å². The molecule has 0 aromatic carbocycles. The molecule has 0 amide bonds. The van der Waals surface area contributed by atoms with Gasteiger partial charge in [-0.25, -0.2) is 0 Å². The van der Waals surface area contributed by atoms with Crippen LogP contribution in [0.1, 0.15) is 27.7 Å². The van der Waals surface area contributed by atoms with Crippen LogP contribution in [0.5, 0.6) is 0 Å². The van der Waals surface area contributed by atoms with Crippen LogP contribution in [0.3, 0.4) is 0 Å². The number of rotatable bonds is 2. The van der Waals surface area contributed by atoms with Gasteiger partial charge in [-0.2, -0.15) is 0 Å². The molecule has 1 unspecified atom stereocenters. The summed E-state index contributed by atoms with van der Waals surface area (Å²) in [6.07, 6.45) is 0. The Balaban J connectivity index is 4.04. The maximum atomic E-state index is 10.6. The van der Waals surface area contributed by atoms with Gasteiger partial charge in [0.05, 0.1) is 5.60 Å². The number of hydrogen-bond donors (Lipinski definition) is 1. The molecule has 0 heterocycles. The minimum atomic E-state index is -0.869. The molecule has 0 saturated heterocycles. The number of hydrogen-bond acceptors (Lipinski definition) is 2. The molecule has 0 aliphatic heterocycles. The van der Waals surface area contributed by atoms with Gasteiger partial charge in [-0.3, -0.25) is 4.79 Å². The molecule has 0 aliphatic rings. The predicted molar refractivity (Wildman–Crippen MR) is 36.1 cm³/mol. The summed E-state index contributed by atoms with van der Waals surface area (Å²) in [5, 5.41) is 9.24. The lowest BCUT2D eigenvalue weighted by Gasteiger charge is -2.22. The summed E-state index contributed by atoms with van der Waals surface area (Å²) in [5.74, 6) is -0.236. The molecule has 0 saturated carbocycles. The molecule has 0 spiro atoms. The minimum absolute atomic E-state index is 0.0301. The largest absolute Gasteiger partial charge is 0.390 e. The Bertz CT molecular complexity index is 111. The Labute approximate surface area is 55.9 Å². The van der Waals surface area contributed by atoms with Crippen molar-refractivity contribution < 1.29 is 9.90 Å². The Morgan fingerprint density at radius 1 is 1.56 bits per heavy atom. The lowest BCUT2D eigenvalue weighted by molar-refractivity contribution is -0.126. The molecule has 0 aromatic rings. The van der Waals surface area contributed by atoms with Crippen molar-refractivity contribution in [1.29, 1.82) is 0 Å². The topological polar surface area (TPSA) is 37.3 Å². The van der Waals surface area contributed by atoms with E-state index < -0.39 is 5.60 Å². The fourth-order valence-electron chi connectivity index (χ4n) is 0.497. The van der Waals surface area contributed by atoms with Crippen molar-refractivity contribution in [1.82, 2.24) is 0 Å². The van der Waals surface area contributed by atoms with Crippen LogP contribution in [0.4, 0.5) is 0 Å². The van der Waals surface area contributed by atoms with Gasteiger partial charge in [0, 0.05) is 5.92 Å². The third-order valence-electron chi connectivity index (χ3n) is 1.67. The minimum Gasteiger partial charge on any atom is -0.390 e. The smallest absolute Gasteiger partial charge is 0.135 e. The molecule has 0 aliphatic carbocycles. The van der Waals surface area contributed by atoms with E-state index in [1.807, 2.05) is 0 Å². The van der Waals surface area contributed by atoms with E-state index in [0.29, 0.717) is 0 Å². The molecule has 0 fully saturated rings. The van der Waals surface area contributed by atoms with Gasteiger partial charge < -0.3 is 5.11 Å². The first-order valence-electron chi connectivity index (χ1n) is 3.08. The van der Waals surface area contributed by atoms with Crippen molar-refractivity contribution in [3.63, 3.8) is 0 Å². The predicted octanol–water partition coefficient (Wildman–Crippen LogP) is 0.982. The molecule has 54 valence electrons. The molecule has 2 heteroatoms. The average Bonchev–Trinajstić information content (AvgIpc) is 1.62. The van der Waals surface area contributed by atoms with Crippen LogP contribution >= 0.6 is 0 Å². The quantitative estimate of drug-likeness (QED) is 0.605. The normalized spacial score (nSPS) is 15.2. The summed E-state index contributed by atoms with van der Waals surface area (Å²) in [7, 11) is 0. The van der Waals surface area contributed by atoms with Crippen LogP contribution in [-0.2, 0) is 4.79 Å². The van der Waals surface area contributed by atoms with Crippen molar-refractivity contribution in [2.75, 3.05) is 0 Å². The van der Waals surface area contributed by atoms with Crippen LogP contribution < -0.4 is 0 Å². The second-order valence-corrected chi connectivity index (χ2v) is 2.99. The molecule has 0 rings (SSSR count). The maximum absolute atomic E-state index is 10.6.